The Labute approximate surface area is 84.3 Å². The van der Waals surface area contributed by atoms with Gasteiger partial charge in [0.1, 0.15) is 0 Å². The van der Waals surface area contributed by atoms with E-state index in [0.717, 1.165) is 12.8 Å². The monoisotopic (exact) mass is 204 g/mol. The lowest BCUT2D eigenvalue weighted by Crippen LogP contribution is -2.30. The highest BCUT2D eigenvalue weighted by Gasteiger charge is 2.11. The van der Waals surface area contributed by atoms with Gasteiger partial charge >= 0.3 is 0 Å². The first kappa shape index (κ1) is 12.5. The first-order chi connectivity index (χ1) is 6.07. The smallest absolute Gasteiger partial charge is 0.223 e. The quantitative estimate of drug-likeness (QED) is 0.684. The van der Waals surface area contributed by atoms with Gasteiger partial charge in [-0.25, -0.2) is 0 Å². The third-order valence-electron chi connectivity index (χ3n) is 1.74. The lowest BCUT2D eigenvalue weighted by molar-refractivity contribution is -0.124. The van der Waals surface area contributed by atoms with E-state index in [4.69, 9.17) is 17.3 Å². The molecule has 1 unspecified atom stereocenters. The van der Waals surface area contributed by atoms with Crippen molar-refractivity contribution in [3.8, 4) is 0 Å². The summed E-state index contributed by atoms with van der Waals surface area (Å²) in [6.45, 7) is 6.32. The molecule has 4 heteroatoms. The Morgan fingerprint density at radius 1 is 1.69 bits per heavy atom. The fourth-order valence-electron chi connectivity index (χ4n) is 0.912. The number of nitrogens with two attached hydrogens (primary N) is 1. The highest BCUT2D eigenvalue weighted by molar-refractivity contribution is 6.29. The number of halogens is 1. The van der Waals surface area contributed by atoms with E-state index in [9.17, 15) is 4.79 Å². The molecule has 1 amide bonds. The molecular formula is C9H17ClN2O. The molecule has 0 aliphatic carbocycles. The second-order valence-electron chi connectivity index (χ2n) is 3.07. The SMILES string of the molecule is C=C(Cl)CNC(=O)C(C)CCCN. The average Bonchev–Trinajstić information content (AvgIpc) is 2.10. The first-order valence-electron chi connectivity index (χ1n) is 4.39. The van der Waals surface area contributed by atoms with Crippen molar-refractivity contribution >= 4 is 17.5 Å². The Morgan fingerprint density at radius 2 is 2.31 bits per heavy atom. The molecule has 0 radical (unpaired) electrons. The van der Waals surface area contributed by atoms with Crippen LogP contribution in [-0.2, 0) is 4.79 Å². The van der Waals surface area contributed by atoms with Gasteiger partial charge in [-0.05, 0) is 19.4 Å². The zero-order valence-electron chi connectivity index (χ0n) is 7.98. The van der Waals surface area contributed by atoms with Crippen LogP contribution in [0.1, 0.15) is 19.8 Å². The second kappa shape index (κ2) is 6.92. The molecule has 0 aliphatic heterocycles. The van der Waals surface area contributed by atoms with Crippen molar-refractivity contribution in [2.75, 3.05) is 13.1 Å². The Morgan fingerprint density at radius 3 is 2.77 bits per heavy atom. The minimum absolute atomic E-state index is 0.000401. The van der Waals surface area contributed by atoms with Crippen LogP contribution in [0, 0.1) is 5.92 Å². The van der Waals surface area contributed by atoms with Gasteiger partial charge in [0.15, 0.2) is 0 Å². The number of nitrogens with one attached hydrogen (secondary N) is 1. The molecule has 0 aliphatic rings. The summed E-state index contributed by atoms with van der Waals surface area (Å²) in [4.78, 5) is 11.3. The largest absolute Gasteiger partial charge is 0.351 e. The third kappa shape index (κ3) is 6.61. The maximum Gasteiger partial charge on any atom is 0.223 e. The summed E-state index contributed by atoms with van der Waals surface area (Å²) in [5.74, 6) is 0.00909. The van der Waals surface area contributed by atoms with Crippen LogP contribution in [0.5, 0.6) is 0 Å². The maximum atomic E-state index is 11.3. The zero-order valence-corrected chi connectivity index (χ0v) is 8.73. The molecule has 0 rings (SSSR count). The molecule has 0 aromatic heterocycles. The number of rotatable bonds is 6. The summed E-state index contributed by atoms with van der Waals surface area (Å²) in [7, 11) is 0. The zero-order chi connectivity index (χ0) is 10.3. The van der Waals surface area contributed by atoms with Gasteiger partial charge in [-0.15, -0.1) is 0 Å². The van der Waals surface area contributed by atoms with Gasteiger partial charge in [0.25, 0.3) is 0 Å². The highest BCUT2D eigenvalue weighted by atomic mass is 35.5. The van der Waals surface area contributed by atoms with E-state index in [2.05, 4.69) is 11.9 Å². The van der Waals surface area contributed by atoms with Crippen LogP contribution in [0.15, 0.2) is 11.6 Å². The van der Waals surface area contributed by atoms with E-state index < -0.39 is 0 Å². The van der Waals surface area contributed by atoms with Crippen LogP contribution < -0.4 is 11.1 Å². The van der Waals surface area contributed by atoms with Crippen LogP contribution in [0.2, 0.25) is 0 Å². The van der Waals surface area contributed by atoms with Gasteiger partial charge in [-0.2, -0.15) is 0 Å². The fraction of sp³-hybridized carbons (Fsp3) is 0.667. The van der Waals surface area contributed by atoms with E-state index in [1.165, 1.54) is 0 Å². The third-order valence-corrected chi connectivity index (χ3v) is 1.88. The predicted octanol–water partition coefficient (Wildman–Crippen LogP) is 1.23. The minimum Gasteiger partial charge on any atom is -0.351 e. The molecule has 0 bridgehead atoms. The van der Waals surface area contributed by atoms with Gasteiger partial charge in [-0.3, -0.25) is 4.79 Å². The molecular weight excluding hydrogens is 188 g/mol. The van der Waals surface area contributed by atoms with E-state index in [0.29, 0.717) is 18.1 Å². The maximum absolute atomic E-state index is 11.3. The van der Waals surface area contributed by atoms with E-state index in [1.54, 1.807) is 0 Å². The Bertz CT molecular complexity index is 182. The molecule has 0 aromatic carbocycles. The van der Waals surface area contributed by atoms with Gasteiger partial charge in [0.05, 0.1) is 6.54 Å². The Kier molecular flexibility index (Phi) is 6.63. The summed E-state index contributed by atoms with van der Waals surface area (Å²) >= 11 is 5.50. The van der Waals surface area contributed by atoms with Crippen LogP contribution in [-0.4, -0.2) is 19.0 Å². The van der Waals surface area contributed by atoms with Crippen molar-refractivity contribution in [1.29, 1.82) is 0 Å². The second-order valence-corrected chi connectivity index (χ2v) is 3.60. The van der Waals surface area contributed by atoms with Crippen molar-refractivity contribution < 1.29 is 4.79 Å². The molecule has 76 valence electrons. The molecule has 0 fully saturated rings. The summed E-state index contributed by atoms with van der Waals surface area (Å²) in [6.07, 6.45) is 1.69. The number of carbonyl (C=O) groups is 1. The molecule has 0 spiro atoms. The van der Waals surface area contributed by atoms with Crippen molar-refractivity contribution in [2.24, 2.45) is 11.7 Å². The van der Waals surface area contributed by atoms with Gasteiger partial charge in [0.2, 0.25) is 5.91 Å². The molecule has 13 heavy (non-hydrogen) atoms. The van der Waals surface area contributed by atoms with Gasteiger partial charge in [0, 0.05) is 11.0 Å². The Balaban J connectivity index is 3.63. The predicted molar refractivity (Wildman–Crippen MR) is 55.5 cm³/mol. The number of amides is 1. The number of hydrogen-bond donors (Lipinski definition) is 2. The summed E-state index contributed by atoms with van der Waals surface area (Å²) < 4.78 is 0. The van der Waals surface area contributed by atoms with E-state index in [-0.39, 0.29) is 11.8 Å². The lowest BCUT2D eigenvalue weighted by Gasteiger charge is -2.10. The van der Waals surface area contributed by atoms with Gasteiger partial charge in [-0.1, -0.05) is 25.1 Å². The standard InChI is InChI=1S/C9H17ClN2O/c1-7(4-3-5-11)9(13)12-6-8(2)10/h7H,2-6,11H2,1H3,(H,12,13). The normalized spacial score (nSPS) is 12.2. The molecule has 0 saturated carbocycles. The molecule has 3 nitrogen and oxygen atoms in total. The van der Waals surface area contributed by atoms with Crippen molar-refractivity contribution in [3.63, 3.8) is 0 Å². The van der Waals surface area contributed by atoms with Crippen LogP contribution in [0.3, 0.4) is 0 Å². The highest BCUT2D eigenvalue weighted by Crippen LogP contribution is 2.04. The minimum atomic E-state index is -0.000401. The summed E-state index contributed by atoms with van der Waals surface area (Å²) in [5, 5.41) is 3.12. The van der Waals surface area contributed by atoms with Crippen LogP contribution >= 0.6 is 11.6 Å². The van der Waals surface area contributed by atoms with E-state index >= 15 is 0 Å². The molecule has 1 atom stereocenters. The topological polar surface area (TPSA) is 55.1 Å². The van der Waals surface area contributed by atoms with Gasteiger partial charge < -0.3 is 11.1 Å². The molecule has 0 aromatic rings. The Hall–Kier alpha value is -0.540. The summed E-state index contributed by atoms with van der Waals surface area (Å²) in [6, 6.07) is 0. The van der Waals surface area contributed by atoms with Crippen LogP contribution in [0.25, 0.3) is 0 Å². The van der Waals surface area contributed by atoms with Crippen LogP contribution in [0.4, 0.5) is 0 Å². The number of hydrogen-bond acceptors (Lipinski definition) is 2. The molecule has 0 heterocycles. The van der Waals surface area contributed by atoms with Crippen molar-refractivity contribution in [2.45, 2.75) is 19.8 Å². The van der Waals surface area contributed by atoms with E-state index in [1.807, 2.05) is 6.92 Å². The molecule has 0 saturated heterocycles. The lowest BCUT2D eigenvalue weighted by atomic mass is 10.1. The number of carbonyl (C=O) groups excluding carboxylic acids is 1. The average molecular weight is 205 g/mol. The summed E-state index contributed by atoms with van der Waals surface area (Å²) in [5.41, 5.74) is 5.33. The fourth-order valence-corrected chi connectivity index (χ4v) is 0.979. The molecule has 3 N–H and O–H groups in total. The van der Waals surface area contributed by atoms with Crippen molar-refractivity contribution in [3.05, 3.63) is 11.6 Å². The van der Waals surface area contributed by atoms with Crippen molar-refractivity contribution in [1.82, 2.24) is 5.32 Å². The first-order valence-corrected chi connectivity index (χ1v) is 4.76.